The second kappa shape index (κ2) is 4.90. The van der Waals surface area contributed by atoms with Crippen LogP contribution in [0.1, 0.15) is 9.80 Å². The van der Waals surface area contributed by atoms with E-state index in [1.54, 1.807) is 19.5 Å². The van der Waals surface area contributed by atoms with Gasteiger partial charge in [-0.05, 0) is 29.8 Å². The van der Waals surface area contributed by atoms with Gasteiger partial charge in [0.05, 0.1) is 11.8 Å². The molecule has 5 nitrogen and oxygen atoms in total. The first-order valence-electron chi connectivity index (χ1n) is 5.88. The third kappa shape index (κ3) is 2.00. The molecule has 0 unspecified atom stereocenters. The molecule has 3 aromatic rings. The molecule has 1 amide bonds. The van der Waals surface area contributed by atoms with E-state index in [2.05, 4.69) is 9.97 Å². The van der Waals surface area contributed by atoms with Crippen LogP contribution in [-0.4, -0.2) is 23.0 Å². The zero-order valence-electron chi connectivity index (χ0n) is 10.7. The quantitative estimate of drug-likeness (QED) is 0.801. The summed E-state index contributed by atoms with van der Waals surface area (Å²) < 4.78 is 6.17. The van der Waals surface area contributed by atoms with E-state index in [0.29, 0.717) is 11.3 Å². The molecule has 0 atom stereocenters. The first-order valence-corrected chi connectivity index (χ1v) is 6.70. The average Bonchev–Trinajstić information content (AvgIpc) is 2.92. The summed E-state index contributed by atoms with van der Waals surface area (Å²) in [4.78, 5) is 19.6. The van der Waals surface area contributed by atoms with E-state index in [1.165, 1.54) is 11.3 Å². The lowest BCUT2D eigenvalue weighted by Crippen LogP contribution is -2.09. The molecule has 0 radical (unpaired) electrons. The number of carbonyl (C=O) groups excluding carboxylic acids is 1. The van der Waals surface area contributed by atoms with Crippen molar-refractivity contribution >= 4 is 27.5 Å². The largest absolute Gasteiger partial charge is 0.494 e. The molecular formula is C14H11N3O2S. The van der Waals surface area contributed by atoms with E-state index in [4.69, 9.17) is 10.5 Å². The Kier molecular flexibility index (Phi) is 3.08. The van der Waals surface area contributed by atoms with Gasteiger partial charge in [0.15, 0.2) is 5.01 Å². The number of hydrogen-bond donors (Lipinski definition) is 1. The molecule has 0 bridgehead atoms. The Bertz CT molecular complexity index is 784. The van der Waals surface area contributed by atoms with Gasteiger partial charge in [0, 0.05) is 18.0 Å². The predicted octanol–water partition coefficient (Wildman–Crippen LogP) is 2.47. The summed E-state index contributed by atoms with van der Waals surface area (Å²) in [5, 5.41) is 0.278. The molecule has 20 heavy (non-hydrogen) atoms. The summed E-state index contributed by atoms with van der Waals surface area (Å²) in [6, 6.07) is 7.60. The highest BCUT2D eigenvalue weighted by Crippen LogP contribution is 2.37. The molecule has 1 aromatic carbocycles. The van der Waals surface area contributed by atoms with Crippen LogP contribution in [0.15, 0.2) is 36.7 Å². The van der Waals surface area contributed by atoms with Crippen molar-refractivity contribution in [2.75, 3.05) is 7.11 Å². The number of nitrogens with zero attached hydrogens (tertiary/aromatic N) is 2. The normalized spacial score (nSPS) is 10.7. The summed E-state index contributed by atoms with van der Waals surface area (Å²) in [6.45, 7) is 0. The van der Waals surface area contributed by atoms with Gasteiger partial charge < -0.3 is 10.5 Å². The first kappa shape index (κ1) is 12.6. The van der Waals surface area contributed by atoms with Crippen molar-refractivity contribution in [2.24, 2.45) is 5.73 Å². The number of hydrogen-bond acceptors (Lipinski definition) is 5. The van der Waals surface area contributed by atoms with Gasteiger partial charge in [-0.25, -0.2) is 4.98 Å². The number of nitrogens with two attached hydrogens (primary N) is 1. The van der Waals surface area contributed by atoms with Crippen LogP contribution in [0, 0.1) is 0 Å². The van der Waals surface area contributed by atoms with Crippen LogP contribution in [0.5, 0.6) is 5.75 Å². The number of benzene rings is 1. The van der Waals surface area contributed by atoms with Crippen molar-refractivity contribution in [3.8, 4) is 16.9 Å². The van der Waals surface area contributed by atoms with Crippen LogP contribution >= 0.6 is 11.3 Å². The molecule has 0 fully saturated rings. The SMILES string of the molecule is COc1ccc(-c2ccncc2)c2sc(C(N)=O)nc12. The fourth-order valence-electron chi connectivity index (χ4n) is 2.01. The fraction of sp³-hybridized carbons (Fsp3) is 0.0714. The first-order chi connectivity index (χ1) is 9.70. The highest BCUT2D eigenvalue weighted by atomic mass is 32.1. The maximum absolute atomic E-state index is 11.3. The molecule has 6 heteroatoms. The molecule has 0 saturated heterocycles. The van der Waals surface area contributed by atoms with Crippen LogP contribution < -0.4 is 10.5 Å². The van der Waals surface area contributed by atoms with Crippen molar-refractivity contribution in [1.82, 2.24) is 9.97 Å². The average molecular weight is 285 g/mol. The van der Waals surface area contributed by atoms with Gasteiger partial charge in [0.2, 0.25) is 0 Å². The minimum absolute atomic E-state index is 0.278. The molecule has 0 aliphatic heterocycles. The van der Waals surface area contributed by atoms with Gasteiger partial charge in [-0.3, -0.25) is 9.78 Å². The van der Waals surface area contributed by atoms with E-state index in [0.717, 1.165) is 15.8 Å². The highest BCUT2D eigenvalue weighted by molar-refractivity contribution is 7.20. The van der Waals surface area contributed by atoms with Crippen LogP contribution in [-0.2, 0) is 0 Å². The number of methoxy groups -OCH3 is 1. The molecule has 3 rings (SSSR count). The van der Waals surface area contributed by atoms with Gasteiger partial charge in [-0.1, -0.05) is 0 Å². The van der Waals surface area contributed by atoms with Crippen LogP contribution in [0.3, 0.4) is 0 Å². The molecular weight excluding hydrogens is 274 g/mol. The number of thiazole rings is 1. The number of rotatable bonds is 3. The molecule has 2 N–H and O–H groups in total. The molecule has 2 aromatic heterocycles. The predicted molar refractivity (Wildman–Crippen MR) is 77.9 cm³/mol. The van der Waals surface area contributed by atoms with Crippen molar-refractivity contribution in [1.29, 1.82) is 0 Å². The molecule has 0 aliphatic carbocycles. The van der Waals surface area contributed by atoms with E-state index >= 15 is 0 Å². The fourth-order valence-corrected chi connectivity index (χ4v) is 2.98. The maximum Gasteiger partial charge on any atom is 0.277 e. The smallest absolute Gasteiger partial charge is 0.277 e. The van der Waals surface area contributed by atoms with Crippen LogP contribution in [0.2, 0.25) is 0 Å². The monoisotopic (exact) mass is 285 g/mol. The Labute approximate surface area is 119 Å². The van der Waals surface area contributed by atoms with Crippen molar-refractivity contribution < 1.29 is 9.53 Å². The number of carbonyl (C=O) groups is 1. The van der Waals surface area contributed by atoms with Crippen molar-refractivity contribution in [2.45, 2.75) is 0 Å². The van der Waals surface area contributed by atoms with E-state index in [1.807, 2.05) is 24.3 Å². The van der Waals surface area contributed by atoms with Gasteiger partial charge in [0.25, 0.3) is 5.91 Å². The Balaban J connectivity index is 2.31. The Morgan fingerprint density at radius 1 is 1.25 bits per heavy atom. The lowest BCUT2D eigenvalue weighted by molar-refractivity contribution is 0.1000. The molecule has 0 aliphatic rings. The highest BCUT2D eigenvalue weighted by Gasteiger charge is 2.16. The van der Waals surface area contributed by atoms with Gasteiger partial charge in [-0.2, -0.15) is 0 Å². The molecule has 0 saturated carbocycles. The van der Waals surface area contributed by atoms with Crippen molar-refractivity contribution in [3.05, 3.63) is 41.7 Å². The number of pyridine rings is 1. The molecule has 2 heterocycles. The Morgan fingerprint density at radius 2 is 2.00 bits per heavy atom. The lowest BCUT2D eigenvalue weighted by Gasteiger charge is -2.05. The molecule has 100 valence electrons. The minimum Gasteiger partial charge on any atom is -0.494 e. The number of fused-ring (bicyclic) bond motifs is 1. The Hall–Kier alpha value is -2.47. The lowest BCUT2D eigenvalue weighted by atomic mass is 10.1. The summed E-state index contributed by atoms with van der Waals surface area (Å²) in [5.41, 5.74) is 7.96. The van der Waals surface area contributed by atoms with Gasteiger partial charge >= 0.3 is 0 Å². The van der Waals surface area contributed by atoms with Crippen LogP contribution in [0.25, 0.3) is 21.3 Å². The van der Waals surface area contributed by atoms with E-state index in [9.17, 15) is 4.79 Å². The number of ether oxygens (including phenoxy) is 1. The second-order valence-electron chi connectivity index (χ2n) is 4.11. The summed E-state index contributed by atoms with van der Waals surface area (Å²) >= 11 is 1.27. The summed E-state index contributed by atoms with van der Waals surface area (Å²) in [6.07, 6.45) is 3.45. The van der Waals surface area contributed by atoms with Gasteiger partial charge in [-0.15, -0.1) is 11.3 Å². The topological polar surface area (TPSA) is 78.1 Å². The zero-order valence-corrected chi connectivity index (χ0v) is 11.5. The molecule has 0 spiro atoms. The van der Waals surface area contributed by atoms with E-state index in [-0.39, 0.29) is 5.01 Å². The number of amides is 1. The second-order valence-corrected chi connectivity index (χ2v) is 5.11. The van der Waals surface area contributed by atoms with E-state index < -0.39 is 5.91 Å². The third-order valence-electron chi connectivity index (χ3n) is 2.93. The summed E-state index contributed by atoms with van der Waals surface area (Å²) in [5.74, 6) is 0.0930. The minimum atomic E-state index is -0.533. The standard InChI is InChI=1S/C14H11N3O2S/c1-19-10-3-2-9(8-4-6-16-7-5-8)12-11(10)17-14(20-12)13(15)18/h2-7H,1H3,(H2,15,18). The number of aromatic nitrogens is 2. The third-order valence-corrected chi connectivity index (χ3v) is 4.03. The van der Waals surface area contributed by atoms with Crippen LogP contribution in [0.4, 0.5) is 0 Å². The van der Waals surface area contributed by atoms with Gasteiger partial charge in [0.1, 0.15) is 11.3 Å². The Morgan fingerprint density at radius 3 is 2.65 bits per heavy atom. The van der Waals surface area contributed by atoms with Crippen molar-refractivity contribution in [3.63, 3.8) is 0 Å². The number of primary amides is 1. The zero-order chi connectivity index (χ0) is 14.1. The maximum atomic E-state index is 11.3. The summed E-state index contributed by atoms with van der Waals surface area (Å²) in [7, 11) is 1.57.